The molecule has 0 N–H and O–H groups in total. The number of nitriles is 1. The van der Waals surface area contributed by atoms with Crippen LogP contribution in [0, 0.1) is 11.3 Å². The van der Waals surface area contributed by atoms with Crippen LogP contribution in [0.3, 0.4) is 0 Å². The summed E-state index contributed by atoms with van der Waals surface area (Å²) in [5, 5.41) is 15.4. The van der Waals surface area contributed by atoms with Crippen LogP contribution in [0.15, 0.2) is 146 Å². The first-order chi connectivity index (χ1) is 20.3. The zero-order valence-corrected chi connectivity index (χ0v) is 23.1. The Morgan fingerprint density at radius 1 is 0.488 bits per heavy atom. The zero-order valence-electron chi connectivity index (χ0n) is 22.1. The SMILES string of the molecule is N#Cc1cccnc1N1c2ccccc2[Si]2(c3ccccc3N(c3ccccc3)c3ccccc32)c2ccccc21. The van der Waals surface area contributed by atoms with Gasteiger partial charge in [0.25, 0.3) is 0 Å². The second kappa shape index (κ2) is 9.05. The van der Waals surface area contributed by atoms with Crippen LogP contribution in [0.1, 0.15) is 5.56 Å². The molecule has 5 heteroatoms. The lowest BCUT2D eigenvalue weighted by molar-refractivity contribution is 1.17. The van der Waals surface area contributed by atoms with Gasteiger partial charge in [-0.3, -0.25) is 4.90 Å². The minimum absolute atomic E-state index is 0.550. The number of nitrogens with zero attached hydrogens (tertiary/aromatic N) is 4. The smallest absolute Gasteiger partial charge is 0.188 e. The van der Waals surface area contributed by atoms with Gasteiger partial charge in [0.05, 0.1) is 5.56 Å². The third kappa shape index (κ3) is 3.17. The lowest BCUT2D eigenvalue weighted by atomic mass is 10.1. The minimum atomic E-state index is -2.82. The van der Waals surface area contributed by atoms with E-state index in [2.05, 4.69) is 143 Å². The van der Waals surface area contributed by atoms with E-state index in [9.17, 15) is 5.26 Å². The summed E-state index contributed by atoms with van der Waals surface area (Å²) in [6.45, 7) is 0. The van der Waals surface area contributed by atoms with Gasteiger partial charge < -0.3 is 4.90 Å². The molecule has 0 amide bonds. The van der Waals surface area contributed by atoms with Crippen molar-refractivity contribution < 1.29 is 0 Å². The molecule has 41 heavy (non-hydrogen) atoms. The van der Waals surface area contributed by atoms with Crippen molar-refractivity contribution in [2.45, 2.75) is 0 Å². The molecule has 192 valence electrons. The maximum Gasteiger partial charge on any atom is 0.188 e. The molecule has 0 radical (unpaired) electrons. The summed E-state index contributed by atoms with van der Waals surface area (Å²) in [4.78, 5) is 9.36. The molecule has 1 spiro atoms. The average molecular weight is 541 g/mol. The van der Waals surface area contributed by atoms with Gasteiger partial charge in [0, 0.05) is 34.6 Å². The summed E-state index contributed by atoms with van der Waals surface area (Å²) in [5.41, 5.74) is 6.25. The molecule has 2 aliphatic rings. The standard InChI is InChI=1S/C36H24N4Si/c37-25-26-13-12-24-38-36(26)40-30-18-6-10-22-34(30)41(35-23-11-7-19-31(35)40)32-20-8-4-16-28(32)39(27-14-2-1-3-15-27)29-17-5-9-21-33(29)41/h1-24H. The van der Waals surface area contributed by atoms with Crippen LogP contribution in [-0.4, -0.2) is 13.1 Å². The van der Waals surface area contributed by atoms with Crippen molar-refractivity contribution in [1.29, 1.82) is 5.26 Å². The lowest BCUT2D eigenvalue weighted by Gasteiger charge is -2.49. The van der Waals surface area contributed by atoms with Crippen LogP contribution >= 0.6 is 0 Å². The number of hydrogen-bond acceptors (Lipinski definition) is 4. The molecule has 0 atom stereocenters. The van der Waals surface area contributed by atoms with Crippen molar-refractivity contribution in [3.8, 4) is 6.07 Å². The third-order valence-electron chi connectivity index (χ3n) is 8.33. The first-order valence-corrected chi connectivity index (χ1v) is 15.7. The van der Waals surface area contributed by atoms with Gasteiger partial charge in [-0.05, 0) is 69.3 Å². The molecule has 4 nitrogen and oxygen atoms in total. The van der Waals surface area contributed by atoms with Crippen molar-refractivity contribution in [3.05, 3.63) is 151 Å². The first-order valence-electron chi connectivity index (χ1n) is 13.7. The fourth-order valence-corrected chi connectivity index (χ4v) is 12.3. The minimum Gasteiger partial charge on any atom is -0.311 e. The molecule has 1 aromatic heterocycles. The molecule has 6 aromatic rings. The molecule has 0 bridgehead atoms. The van der Waals surface area contributed by atoms with Gasteiger partial charge in [0.15, 0.2) is 13.9 Å². The number of anilines is 6. The molecule has 0 aliphatic carbocycles. The number of pyridine rings is 1. The third-order valence-corrected chi connectivity index (χ3v) is 13.3. The van der Waals surface area contributed by atoms with E-state index in [-0.39, 0.29) is 0 Å². The number of aromatic nitrogens is 1. The van der Waals surface area contributed by atoms with E-state index < -0.39 is 8.07 Å². The second-order valence-electron chi connectivity index (χ2n) is 10.3. The molecule has 0 unspecified atom stereocenters. The van der Waals surface area contributed by atoms with Crippen LogP contribution in [0.4, 0.5) is 34.3 Å². The Bertz CT molecular complexity index is 1900. The number of benzene rings is 5. The number of fused-ring (bicyclic) bond motifs is 8. The van der Waals surface area contributed by atoms with Crippen LogP contribution in [0.25, 0.3) is 0 Å². The Kier molecular flexibility index (Phi) is 5.18. The highest BCUT2D eigenvalue weighted by Gasteiger charge is 2.54. The number of para-hydroxylation sites is 5. The molecule has 0 saturated carbocycles. The Labute approximate surface area is 240 Å². The molecular formula is C36H24N4Si. The van der Waals surface area contributed by atoms with Crippen molar-refractivity contribution in [3.63, 3.8) is 0 Å². The largest absolute Gasteiger partial charge is 0.311 e. The Hall–Kier alpha value is -5.44. The van der Waals surface area contributed by atoms with Crippen LogP contribution in [0.5, 0.6) is 0 Å². The molecule has 0 fully saturated rings. The lowest BCUT2D eigenvalue weighted by Crippen LogP contribution is -2.79. The van der Waals surface area contributed by atoms with E-state index in [0.29, 0.717) is 11.4 Å². The fourth-order valence-electron chi connectivity index (χ4n) is 6.82. The predicted octanol–water partition coefficient (Wildman–Crippen LogP) is 5.90. The molecule has 2 aliphatic heterocycles. The van der Waals surface area contributed by atoms with Crippen LogP contribution < -0.4 is 30.5 Å². The molecule has 5 aromatic carbocycles. The van der Waals surface area contributed by atoms with Gasteiger partial charge in [0.2, 0.25) is 0 Å². The summed E-state index contributed by atoms with van der Waals surface area (Å²) >= 11 is 0. The van der Waals surface area contributed by atoms with Crippen molar-refractivity contribution in [1.82, 2.24) is 4.98 Å². The van der Waals surface area contributed by atoms with E-state index in [4.69, 9.17) is 4.98 Å². The van der Waals surface area contributed by atoms with Crippen molar-refractivity contribution >= 4 is 63.1 Å². The first kappa shape index (κ1) is 23.4. The van der Waals surface area contributed by atoms with Crippen LogP contribution in [-0.2, 0) is 0 Å². The van der Waals surface area contributed by atoms with Gasteiger partial charge in [-0.1, -0.05) is 91.0 Å². The summed E-state index contributed by atoms with van der Waals surface area (Å²) < 4.78 is 0. The van der Waals surface area contributed by atoms with Gasteiger partial charge >= 0.3 is 0 Å². The van der Waals surface area contributed by atoms with E-state index in [1.807, 2.05) is 12.1 Å². The maximum atomic E-state index is 10.1. The van der Waals surface area contributed by atoms with E-state index in [1.165, 1.54) is 32.1 Å². The van der Waals surface area contributed by atoms with E-state index in [1.54, 1.807) is 6.20 Å². The topological polar surface area (TPSA) is 43.2 Å². The second-order valence-corrected chi connectivity index (χ2v) is 14.0. The molecule has 3 heterocycles. The summed E-state index contributed by atoms with van der Waals surface area (Å²) in [5.74, 6) is 0.655. The van der Waals surface area contributed by atoms with Gasteiger partial charge in [-0.25, -0.2) is 4.98 Å². The number of hydrogen-bond donors (Lipinski definition) is 0. The summed E-state index contributed by atoms with van der Waals surface area (Å²) in [6, 6.07) is 52.0. The highest BCUT2D eigenvalue weighted by molar-refractivity contribution is 7.23. The van der Waals surface area contributed by atoms with Crippen molar-refractivity contribution in [2.75, 3.05) is 9.80 Å². The quantitative estimate of drug-likeness (QED) is 0.256. The number of rotatable bonds is 2. The fraction of sp³-hybridized carbons (Fsp3) is 0. The maximum absolute atomic E-state index is 10.1. The van der Waals surface area contributed by atoms with Crippen molar-refractivity contribution in [2.24, 2.45) is 0 Å². The van der Waals surface area contributed by atoms with E-state index >= 15 is 0 Å². The van der Waals surface area contributed by atoms with Crippen LogP contribution in [0.2, 0.25) is 0 Å². The Morgan fingerprint density at radius 2 is 0.927 bits per heavy atom. The molecule has 0 saturated heterocycles. The van der Waals surface area contributed by atoms with Gasteiger partial charge in [0.1, 0.15) is 6.07 Å². The summed E-state index contributed by atoms with van der Waals surface area (Å²) in [7, 11) is -2.82. The zero-order chi connectivity index (χ0) is 27.4. The monoisotopic (exact) mass is 540 g/mol. The van der Waals surface area contributed by atoms with E-state index in [0.717, 1.165) is 17.1 Å². The van der Waals surface area contributed by atoms with Gasteiger partial charge in [-0.2, -0.15) is 5.26 Å². The highest BCUT2D eigenvalue weighted by atomic mass is 28.3. The normalized spacial score (nSPS) is 13.9. The highest BCUT2D eigenvalue weighted by Crippen LogP contribution is 2.43. The Balaban J connectivity index is 1.53. The average Bonchev–Trinajstić information content (AvgIpc) is 3.05. The molecule has 8 rings (SSSR count). The predicted molar refractivity (Wildman–Crippen MR) is 169 cm³/mol. The molecular weight excluding hydrogens is 517 g/mol. The Morgan fingerprint density at radius 3 is 1.41 bits per heavy atom. The van der Waals surface area contributed by atoms with Gasteiger partial charge in [-0.15, -0.1) is 0 Å². The summed E-state index contributed by atoms with van der Waals surface area (Å²) in [6.07, 6.45) is 1.77.